The predicted molar refractivity (Wildman–Crippen MR) is 88.8 cm³/mol. The number of rotatable bonds is 7. The summed E-state index contributed by atoms with van der Waals surface area (Å²) in [5.41, 5.74) is 0. The fourth-order valence-corrected chi connectivity index (χ4v) is 4.52. The summed E-state index contributed by atoms with van der Waals surface area (Å²) in [4.78, 5) is 5.44. The second-order valence-corrected chi connectivity index (χ2v) is 7.28. The first-order chi connectivity index (χ1) is 9.93. The van der Waals surface area contributed by atoms with Crippen molar-refractivity contribution in [2.24, 2.45) is 0 Å². The summed E-state index contributed by atoms with van der Waals surface area (Å²) in [6.45, 7) is 4.95. The van der Waals surface area contributed by atoms with E-state index in [1.54, 1.807) is 0 Å². The molecule has 20 heavy (non-hydrogen) atoms. The molecule has 0 amide bonds. The summed E-state index contributed by atoms with van der Waals surface area (Å²) in [5.74, 6) is 0. The van der Waals surface area contributed by atoms with Gasteiger partial charge >= 0.3 is 0 Å². The Bertz CT molecular complexity index is 438. The summed E-state index contributed by atoms with van der Waals surface area (Å²) in [5, 5.41) is 8.08. The molecule has 1 fully saturated rings. The standard InChI is InChI=1S/C16H22N2S2/c1-2-10-18(9-1)11-5-8-17-16(14-6-3-12-19-14)15-7-4-13-20-15/h3-4,6-7,12-13,16-17H,1-2,5,8-11H2. The van der Waals surface area contributed by atoms with Gasteiger partial charge < -0.3 is 10.2 Å². The maximum absolute atomic E-state index is 3.74. The first-order valence-corrected chi connectivity index (χ1v) is 9.22. The van der Waals surface area contributed by atoms with E-state index in [-0.39, 0.29) is 0 Å². The van der Waals surface area contributed by atoms with Crippen LogP contribution in [0.2, 0.25) is 0 Å². The Morgan fingerprint density at radius 3 is 2.25 bits per heavy atom. The molecule has 1 aliphatic heterocycles. The van der Waals surface area contributed by atoms with Crippen molar-refractivity contribution in [3.05, 3.63) is 44.8 Å². The van der Waals surface area contributed by atoms with E-state index in [0.29, 0.717) is 6.04 Å². The molecule has 0 saturated carbocycles. The summed E-state index contributed by atoms with van der Waals surface area (Å²) < 4.78 is 0. The van der Waals surface area contributed by atoms with Crippen LogP contribution >= 0.6 is 22.7 Å². The minimum Gasteiger partial charge on any atom is -0.305 e. The number of likely N-dealkylation sites (tertiary alicyclic amines) is 1. The van der Waals surface area contributed by atoms with Crippen LogP contribution in [0.3, 0.4) is 0 Å². The number of hydrogen-bond donors (Lipinski definition) is 1. The first-order valence-electron chi connectivity index (χ1n) is 7.46. The van der Waals surface area contributed by atoms with Crippen LogP contribution in [0.4, 0.5) is 0 Å². The Labute approximate surface area is 129 Å². The van der Waals surface area contributed by atoms with Crippen molar-refractivity contribution in [1.29, 1.82) is 0 Å². The number of thiophene rings is 2. The van der Waals surface area contributed by atoms with Crippen molar-refractivity contribution >= 4 is 22.7 Å². The van der Waals surface area contributed by atoms with Gasteiger partial charge in [0.2, 0.25) is 0 Å². The van der Waals surface area contributed by atoms with Gasteiger partial charge in [0, 0.05) is 9.75 Å². The molecule has 1 aliphatic rings. The van der Waals surface area contributed by atoms with Gasteiger partial charge in [-0.3, -0.25) is 0 Å². The van der Waals surface area contributed by atoms with Crippen molar-refractivity contribution in [3.8, 4) is 0 Å². The molecule has 0 bridgehead atoms. The Balaban J connectivity index is 1.51. The van der Waals surface area contributed by atoms with E-state index in [9.17, 15) is 0 Å². The average molecular weight is 306 g/mol. The van der Waals surface area contributed by atoms with E-state index in [4.69, 9.17) is 0 Å². The minimum absolute atomic E-state index is 0.383. The molecular weight excluding hydrogens is 284 g/mol. The highest BCUT2D eigenvalue weighted by molar-refractivity contribution is 7.11. The topological polar surface area (TPSA) is 15.3 Å². The van der Waals surface area contributed by atoms with Gasteiger partial charge in [0.15, 0.2) is 0 Å². The summed E-state index contributed by atoms with van der Waals surface area (Å²) in [6.07, 6.45) is 4.02. The third kappa shape index (κ3) is 3.70. The third-order valence-electron chi connectivity index (χ3n) is 3.85. The van der Waals surface area contributed by atoms with Crippen molar-refractivity contribution in [2.75, 3.05) is 26.2 Å². The highest BCUT2D eigenvalue weighted by atomic mass is 32.1. The van der Waals surface area contributed by atoms with Gasteiger partial charge in [0.05, 0.1) is 6.04 Å². The second-order valence-electron chi connectivity index (χ2n) is 5.32. The van der Waals surface area contributed by atoms with Crippen LogP contribution < -0.4 is 5.32 Å². The van der Waals surface area contributed by atoms with Crippen LogP contribution in [-0.2, 0) is 0 Å². The summed E-state index contributed by atoms with van der Waals surface area (Å²) >= 11 is 3.69. The molecule has 2 aromatic heterocycles. The highest BCUT2D eigenvalue weighted by Gasteiger charge is 2.16. The van der Waals surface area contributed by atoms with Gasteiger partial charge in [-0.05, 0) is 68.3 Å². The molecule has 108 valence electrons. The summed E-state index contributed by atoms with van der Waals surface area (Å²) in [6, 6.07) is 9.15. The van der Waals surface area contributed by atoms with E-state index in [0.717, 1.165) is 6.54 Å². The van der Waals surface area contributed by atoms with Gasteiger partial charge in [-0.1, -0.05) is 12.1 Å². The van der Waals surface area contributed by atoms with Crippen LogP contribution in [0.5, 0.6) is 0 Å². The second kappa shape index (κ2) is 7.36. The molecule has 3 heterocycles. The predicted octanol–water partition coefficient (Wildman–Crippen LogP) is 3.97. The van der Waals surface area contributed by atoms with E-state index >= 15 is 0 Å². The average Bonchev–Trinajstić information content (AvgIpc) is 3.22. The highest BCUT2D eigenvalue weighted by Crippen LogP contribution is 2.28. The van der Waals surface area contributed by atoms with Crippen molar-refractivity contribution in [2.45, 2.75) is 25.3 Å². The van der Waals surface area contributed by atoms with Crippen molar-refractivity contribution in [3.63, 3.8) is 0 Å². The lowest BCUT2D eigenvalue weighted by molar-refractivity contribution is 0.329. The third-order valence-corrected chi connectivity index (χ3v) is 5.73. The molecule has 0 aromatic carbocycles. The number of nitrogens with zero attached hydrogens (tertiary/aromatic N) is 1. The first kappa shape index (κ1) is 14.3. The van der Waals surface area contributed by atoms with E-state index in [1.165, 1.54) is 48.7 Å². The molecule has 2 aromatic rings. The molecular formula is C16H22N2S2. The van der Waals surface area contributed by atoms with Crippen LogP contribution in [0.15, 0.2) is 35.0 Å². The van der Waals surface area contributed by atoms with Crippen LogP contribution in [-0.4, -0.2) is 31.1 Å². The quantitative estimate of drug-likeness (QED) is 0.779. The molecule has 1 saturated heterocycles. The Morgan fingerprint density at radius 2 is 1.70 bits per heavy atom. The lowest BCUT2D eigenvalue weighted by Gasteiger charge is -2.18. The van der Waals surface area contributed by atoms with Gasteiger partial charge in [0.25, 0.3) is 0 Å². The monoisotopic (exact) mass is 306 g/mol. The summed E-state index contributed by atoms with van der Waals surface area (Å²) in [7, 11) is 0. The lowest BCUT2D eigenvalue weighted by Crippen LogP contribution is -2.27. The van der Waals surface area contributed by atoms with E-state index in [1.807, 2.05) is 22.7 Å². The van der Waals surface area contributed by atoms with E-state index < -0.39 is 0 Å². The van der Waals surface area contributed by atoms with Gasteiger partial charge in [-0.25, -0.2) is 0 Å². The molecule has 0 radical (unpaired) electrons. The number of nitrogens with one attached hydrogen (secondary N) is 1. The zero-order chi connectivity index (χ0) is 13.6. The van der Waals surface area contributed by atoms with Crippen LogP contribution in [0, 0.1) is 0 Å². The van der Waals surface area contributed by atoms with Crippen molar-refractivity contribution in [1.82, 2.24) is 10.2 Å². The molecule has 0 spiro atoms. The normalized spacial score (nSPS) is 16.2. The smallest absolute Gasteiger partial charge is 0.0764 e. The van der Waals surface area contributed by atoms with Crippen molar-refractivity contribution < 1.29 is 0 Å². The molecule has 0 aliphatic carbocycles. The van der Waals surface area contributed by atoms with Crippen LogP contribution in [0.25, 0.3) is 0 Å². The largest absolute Gasteiger partial charge is 0.305 e. The maximum Gasteiger partial charge on any atom is 0.0764 e. The SMILES string of the molecule is c1csc(C(NCCCN2CCCC2)c2cccs2)c1. The molecule has 1 N–H and O–H groups in total. The van der Waals surface area contributed by atoms with Crippen LogP contribution in [0.1, 0.15) is 35.1 Å². The van der Waals surface area contributed by atoms with Gasteiger partial charge in [0.1, 0.15) is 0 Å². The maximum atomic E-state index is 3.74. The Morgan fingerprint density at radius 1 is 1.05 bits per heavy atom. The van der Waals surface area contributed by atoms with E-state index in [2.05, 4.69) is 45.2 Å². The Hall–Kier alpha value is -0.680. The molecule has 0 atom stereocenters. The lowest BCUT2D eigenvalue weighted by atomic mass is 10.2. The number of hydrogen-bond acceptors (Lipinski definition) is 4. The molecule has 0 unspecified atom stereocenters. The fraction of sp³-hybridized carbons (Fsp3) is 0.500. The Kier molecular flexibility index (Phi) is 5.25. The molecule has 2 nitrogen and oxygen atoms in total. The fourth-order valence-electron chi connectivity index (χ4n) is 2.81. The molecule has 4 heteroatoms. The van der Waals surface area contributed by atoms with Gasteiger partial charge in [-0.15, -0.1) is 22.7 Å². The minimum atomic E-state index is 0.383. The van der Waals surface area contributed by atoms with Gasteiger partial charge in [-0.2, -0.15) is 0 Å². The zero-order valence-corrected chi connectivity index (χ0v) is 13.4. The molecule has 3 rings (SSSR count). The zero-order valence-electron chi connectivity index (χ0n) is 11.8.